The first kappa shape index (κ1) is 13.2. The molecule has 0 bridgehead atoms. The molecule has 1 unspecified atom stereocenters. The van der Waals surface area contributed by atoms with E-state index in [-0.39, 0.29) is 5.56 Å². The van der Waals surface area contributed by atoms with Crippen molar-refractivity contribution in [3.05, 3.63) is 35.9 Å². The van der Waals surface area contributed by atoms with Gasteiger partial charge in [0.15, 0.2) is 5.78 Å². The minimum atomic E-state index is -4.96. The van der Waals surface area contributed by atoms with Gasteiger partial charge in [-0.3, -0.25) is 9.59 Å². The Hall–Kier alpha value is -1.85. The van der Waals surface area contributed by atoms with E-state index >= 15 is 0 Å². The fourth-order valence-electron chi connectivity index (χ4n) is 1.28. The molecule has 17 heavy (non-hydrogen) atoms. The van der Waals surface area contributed by atoms with E-state index in [0.29, 0.717) is 0 Å². The van der Waals surface area contributed by atoms with Gasteiger partial charge in [0.1, 0.15) is 0 Å². The van der Waals surface area contributed by atoms with Crippen LogP contribution in [0.5, 0.6) is 0 Å². The average Bonchev–Trinajstić information content (AvgIpc) is 2.28. The number of esters is 1. The molecule has 1 aromatic carbocycles. The number of carbonyl (C=O) groups is 2. The van der Waals surface area contributed by atoms with E-state index in [2.05, 4.69) is 4.74 Å². The van der Waals surface area contributed by atoms with Crippen LogP contribution in [0.25, 0.3) is 0 Å². The molecule has 0 amide bonds. The zero-order valence-electron chi connectivity index (χ0n) is 8.82. The number of halogens is 3. The molecule has 3 nitrogen and oxygen atoms in total. The van der Waals surface area contributed by atoms with Gasteiger partial charge >= 0.3 is 12.1 Å². The number of alkyl halides is 3. The molecular weight excluding hydrogens is 237 g/mol. The Bertz CT molecular complexity index is 412. The lowest BCUT2D eigenvalue weighted by atomic mass is 9.97. The number of ketones is 1. The van der Waals surface area contributed by atoms with Gasteiger partial charge in [-0.25, -0.2) is 0 Å². The van der Waals surface area contributed by atoms with Crippen LogP contribution >= 0.6 is 0 Å². The number of rotatable bonds is 3. The Morgan fingerprint density at radius 1 is 1.18 bits per heavy atom. The van der Waals surface area contributed by atoms with E-state index in [0.717, 1.165) is 7.11 Å². The largest absolute Gasteiger partial charge is 0.468 e. The van der Waals surface area contributed by atoms with E-state index in [1.54, 1.807) is 6.07 Å². The molecule has 0 heterocycles. The van der Waals surface area contributed by atoms with Crippen LogP contribution in [-0.4, -0.2) is 25.0 Å². The van der Waals surface area contributed by atoms with E-state index in [4.69, 9.17) is 0 Å². The summed E-state index contributed by atoms with van der Waals surface area (Å²) in [6.07, 6.45) is -4.96. The third-order valence-corrected chi connectivity index (χ3v) is 2.08. The summed E-state index contributed by atoms with van der Waals surface area (Å²) in [6, 6.07) is 6.81. The summed E-state index contributed by atoms with van der Waals surface area (Å²) in [5.41, 5.74) is -0.180. The number of Topliss-reactive ketones (excluding diaryl/α,β-unsaturated/α-hetero) is 1. The third-order valence-electron chi connectivity index (χ3n) is 2.08. The van der Waals surface area contributed by atoms with Gasteiger partial charge in [0.2, 0.25) is 5.92 Å². The summed E-state index contributed by atoms with van der Waals surface area (Å²) in [7, 11) is 0.805. The topological polar surface area (TPSA) is 43.4 Å². The van der Waals surface area contributed by atoms with Crippen LogP contribution < -0.4 is 0 Å². The lowest BCUT2D eigenvalue weighted by Gasteiger charge is -2.16. The molecule has 0 fully saturated rings. The first-order chi connectivity index (χ1) is 7.88. The lowest BCUT2D eigenvalue weighted by Crippen LogP contribution is -2.38. The van der Waals surface area contributed by atoms with Gasteiger partial charge < -0.3 is 4.74 Å². The van der Waals surface area contributed by atoms with Crippen LogP contribution in [0.15, 0.2) is 30.3 Å². The summed E-state index contributed by atoms with van der Waals surface area (Å²) < 4.78 is 41.7. The van der Waals surface area contributed by atoms with Crippen LogP contribution in [0, 0.1) is 5.92 Å². The molecular formula is C11H9F3O3. The second-order valence-electron chi connectivity index (χ2n) is 3.23. The molecule has 1 rings (SSSR count). The second kappa shape index (κ2) is 4.99. The van der Waals surface area contributed by atoms with Crippen LogP contribution in [0.4, 0.5) is 13.2 Å². The first-order valence-electron chi connectivity index (χ1n) is 4.61. The van der Waals surface area contributed by atoms with Crippen molar-refractivity contribution in [2.45, 2.75) is 6.18 Å². The van der Waals surface area contributed by atoms with E-state index in [1.807, 2.05) is 0 Å². The number of ether oxygens (including phenoxy) is 1. The van der Waals surface area contributed by atoms with Crippen molar-refractivity contribution in [1.29, 1.82) is 0 Å². The number of carbonyl (C=O) groups excluding carboxylic acids is 2. The molecule has 0 spiro atoms. The zero-order chi connectivity index (χ0) is 13.1. The van der Waals surface area contributed by atoms with Crippen molar-refractivity contribution in [1.82, 2.24) is 0 Å². The molecule has 1 aromatic rings. The van der Waals surface area contributed by atoms with Crippen molar-refractivity contribution >= 4 is 11.8 Å². The predicted molar refractivity (Wildman–Crippen MR) is 52.3 cm³/mol. The molecule has 0 N–H and O–H groups in total. The SMILES string of the molecule is COC(=O)C(C(=O)c1ccccc1)C(F)(F)F. The maximum atomic E-state index is 12.6. The van der Waals surface area contributed by atoms with Crippen molar-refractivity contribution in [3.63, 3.8) is 0 Å². The monoisotopic (exact) mass is 246 g/mol. The average molecular weight is 246 g/mol. The highest BCUT2D eigenvalue weighted by Crippen LogP contribution is 2.30. The molecule has 0 radical (unpaired) electrons. The van der Waals surface area contributed by atoms with E-state index < -0.39 is 23.8 Å². The lowest BCUT2D eigenvalue weighted by molar-refractivity contribution is -0.185. The van der Waals surface area contributed by atoms with Crippen molar-refractivity contribution in [3.8, 4) is 0 Å². The van der Waals surface area contributed by atoms with Crippen LogP contribution in [0.2, 0.25) is 0 Å². The molecule has 0 aliphatic carbocycles. The zero-order valence-corrected chi connectivity index (χ0v) is 8.82. The number of hydrogen-bond acceptors (Lipinski definition) is 3. The van der Waals surface area contributed by atoms with E-state index in [9.17, 15) is 22.8 Å². The van der Waals surface area contributed by atoms with Gasteiger partial charge in [0.25, 0.3) is 0 Å². The Morgan fingerprint density at radius 3 is 2.12 bits per heavy atom. The Morgan fingerprint density at radius 2 is 1.71 bits per heavy atom. The molecule has 92 valence electrons. The van der Waals surface area contributed by atoms with Gasteiger partial charge in [-0.1, -0.05) is 30.3 Å². The van der Waals surface area contributed by atoms with Crippen LogP contribution in [-0.2, 0) is 9.53 Å². The normalized spacial score (nSPS) is 12.9. The van der Waals surface area contributed by atoms with Gasteiger partial charge in [-0.05, 0) is 0 Å². The summed E-state index contributed by atoms with van der Waals surface area (Å²) in [5.74, 6) is -5.69. The molecule has 1 atom stereocenters. The van der Waals surface area contributed by atoms with Crippen molar-refractivity contribution in [2.75, 3.05) is 7.11 Å². The number of methoxy groups -OCH3 is 1. The Labute approximate surface area is 95.2 Å². The van der Waals surface area contributed by atoms with E-state index in [1.165, 1.54) is 24.3 Å². The summed E-state index contributed by atoms with van der Waals surface area (Å²) in [5, 5.41) is 0. The highest BCUT2D eigenvalue weighted by molar-refractivity contribution is 6.09. The van der Waals surface area contributed by atoms with Crippen LogP contribution in [0.1, 0.15) is 10.4 Å². The van der Waals surface area contributed by atoms with Crippen molar-refractivity contribution in [2.24, 2.45) is 5.92 Å². The fourth-order valence-corrected chi connectivity index (χ4v) is 1.28. The van der Waals surface area contributed by atoms with Gasteiger partial charge in [0.05, 0.1) is 7.11 Å². The Balaban J connectivity index is 3.09. The fraction of sp³-hybridized carbons (Fsp3) is 0.273. The Kier molecular flexibility index (Phi) is 3.88. The van der Waals surface area contributed by atoms with Gasteiger partial charge in [-0.2, -0.15) is 13.2 Å². The molecule has 0 aromatic heterocycles. The predicted octanol–water partition coefficient (Wildman–Crippen LogP) is 2.22. The minimum Gasteiger partial charge on any atom is -0.468 e. The number of hydrogen-bond donors (Lipinski definition) is 0. The molecule has 0 saturated carbocycles. The second-order valence-corrected chi connectivity index (χ2v) is 3.23. The minimum absolute atomic E-state index is 0.180. The molecule has 0 aliphatic heterocycles. The highest BCUT2D eigenvalue weighted by Gasteiger charge is 2.51. The quantitative estimate of drug-likeness (QED) is 0.466. The maximum absolute atomic E-state index is 12.6. The summed E-state index contributed by atoms with van der Waals surface area (Å²) in [6.45, 7) is 0. The van der Waals surface area contributed by atoms with Crippen LogP contribution in [0.3, 0.4) is 0 Å². The number of benzene rings is 1. The van der Waals surface area contributed by atoms with Gasteiger partial charge in [-0.15, -0.1) is 0 Å². The molecule has 6 heteroatoms. The first-order valence-corrected chi connectivity index (χ1v) is 4.61. The summed E-state index contributed by atoms with van der Waals surface area (Å²) >= 11 is 0. The maximum Gasteiger partial charge on any atom is 0.409 e. The molecule has 0 aliphatic rings. The highest BCUT2D eigenvalue weighted by atomic mass is 19.4. The summed E-state index contributed by atoms with van der Waals surface area (Å²) in [4.78, 5) is 22.6. The van der Waals surface area contributed by atoms with Crippen molar-refractivity contribution < 1.29 is 27.5 Å². The third kappa shape index (κ3) is 3.05. The molecule has 0 saturated heterocycles. The standard InChI is InChI=1S/C11H9F3O3/c1-17-10(16)8(11(12,13)14)9(15)7-5-3-2-4-6-7/h2-6,8H,1H3. The smallest absolute Gasteiger partial charge is 0.409 e. The van der Waals surface area contributed by atoms with Gasteiger partial charge in [0, 0.05) is 5.56 Å².